The van der Waals surface area contributed by atoms with Gasteiger partial charge in [-0.3, -0.25) is 9.59 Å². The molecule has 2 amide bonds. The van der Waals surface area contributed by atoms with Crippen molar-refractivity contribution >= 4 is 11.8 Å². The van der Waals surface area contributed by atoms with Gasteiger partial charge >= 0.3 is 0 Å². The molecule has 1 N–H and O–H groups in total. The minimum absolute atomic E-state index is 0.0400. The normalized spacial score (nSPS) is 24.8. The first kappa shape index (κ1) is 16.6. The van der Waals surface area contributed by atoms with Crippen molar-refractivity contribution in [2.24, 2.45) is 11.8 Å². The summed E-state index contributed by atoms with van der Waals surface area (Å²) in [6.07, 6.45) is 6.86. The number of terminal acetylenes is 1. The molecule has 1 rings (SSSR count). The average molecular weight is 278 g/mol. The van der Waals surface area contributed by atoms with Crippen molar-refractivity contribution in [2.45, 2.75) is 65.6 Å². The van der Waals surface area contributed by atoms with E-state index in [-0.39, 0.29) is 23.8 Å². The van der Waals surface area contributed by atoms with Crippen LogP contribution in [-0.2, 0) is 9.59 Å². The molecule has 1 aliphatic rings. The molecule has 0 saturated carbocycles. The summed E-state index contributed by atoms with van der Waals surface area (Å²) in [4.78, 5) is 26.7. The lowest BCUT2D eigenvalue weighted by molar-refractivity contribution is -0.153. The molecule has 1 aliphatic heterocycles. The molecule has 3 atom stereocenters. The van der Waals surface area contributed by atoms with E-state index in [2.05, 4.69) is 11.2 Å². The maximum Gasteiger partial charge on any atom is 0.246 e. The highest BCUT2D eigenvalue weighted by Gasteiger charge is 2.44. The third kappa shape index (κ3) is 3.33. The Morgan fingerprint density at radius 2 is 1.90 bits per heavy atom. The van der Waals surface area contributed by atoms with E-state index < -0.39 is 12.1 Å². The standard InChI is InChI=1S/C16H26N2O2/c1-7-12(8-2)18-14(11(5)6)15(19)17-13(16(18)20)9-10(3)4/h1,10-14H,8-9H2,2-6H3,(H,17,19). The molecule has 112 valence electrons. The fraction of sp³-hybridized carbons (Fsp3) is 0.750. The van der Waals surface area contributed by atoms with Gasteiger partial charge in [-0.05, 0) is 24.7 Å². The van der Waals surface area contributed by atoms with Crippen molar-refractivity contribution in [3.05, 3.63) is 0 Å². The highest BCUT2D eigenvalue weighted by Crippen LogP contribution is 2.23. The molecule has 4 nitrogen and oxygen atoms in total. The largest absolute Gasteiger partial charge is 0.342 e. The van der Waals surface area contributed by atoms with E-state index in [1.165, 1.54) is 0 Å². The van der Waals surface area contributed by atoms with Gasteiger partial charge in [0.25, 0.3) is 0 Å². The molecule has 0 aromatic carbocycles. The Bertz CT molecular complexity index is 409. The zero-order valence-electron chi connectivity index (χ0n) is 13.1. The van der Waals surface area contributed by atoms with Gasteiger partial charge in [0.15, 0.2) is 0 Å². The number of nitrogens with zero attached hydrogens (tertiary/aromatic N) is 1. The molecule has 3 unspecified atom stereocenters. The quantitative estimate of drug-likeness (QED) is 0.780. The summed E-state index contributed by atoms with van der Waals surface area (Å²) in [6.45, 7) is 9.90. The second-order valence-electron chi connectivity index (χ2n) is 6.22. The number of hydrogen-bond acceptors (Lipinski definition) is 2. The third-order valence-corrected chi connectivity index (χ3v) is 3.69. The van der Waals surface area contributed by atoms with Crippen LogP contribution in [0.1, 0.15) is 47.5 Å². The van der Waals surface area contributed by atoms with Gasteiger partial charge in [0.2, 0.25) is 11.8 Å². The Kier molecular flexibility index (Phi) is 5.62. The van der Waals surface area contributed by atoms with E-state index in [0.717, 1.165) is 0 Å². The van der Waals surface area contributed by atoms with Crippen LogP contribution >= 0.6 is 0 Å². The summed E-state index contributed by atoms with van der Waals surface area (Å²) in [6, 6.07) is -1.22. The number of carbonyl (C=O) groups excluding carboxylic acids is 2. The minimum atomic E-state index is -0.466. The Morgan fingerprint density at radius 1 is 1.30 bits per heavy atom. The molecule has 4 heteroatoms. The monoisotopic (exact) mass is 278 g/mol. The van der Waals surface area contributed by atoms with Crippen molar-refractivity contribution < 1.29 is 9.59 Å². The molecule has 1 saturated heterocycles. The Balaban J connectivity index is 3.11. The lowest BCUT2D eigenvalue weighted by atomic mass is 9.91. The van der Waals surface area contributed by atoms with Gasteiger partial charge < -0.3 is 10.2 Å². The van der Waals surface area contributed by atoms with Crippen LogP contribution in [-0.4, -0.2) is 34.8 Å². The average Bonchev–Trinajstić information content (AvgIpc) is 2.34. The predicted octanol–water partition coefficient (Wildman–Crippen LogP) is 1.80. The molecule has 0 aromatic heterocycles. The molecule has 0 radical (unpaired) electrons. The van der Waals surface area contributed by atoms with Crippen LogP contribution in [0, 0.1) is 24.2 Å². The van der Waals surface area contributed by atoms with Gasteiger partial charge in [-0.1, -0.05) is 40.5 Å². The van der Waals surface area contributed by atoms with Crippen molar-refractivity contribution in [1.29, 1.82) is 0 Å². The second-order valence-corrected chi connectivity index (χ2v) is 6.22. The fourth-order valence-electron chi connectivity index (χ4n) is 2.76. The SMILES string of the molecule is C#CC(CC)N1C(=O)C(CC(C)C)NC(=O)C1C(C)C. The molecule has 0 aliphatic carbocycles. The van der Waals surface area contributed by atoms with Crippen LogP contribution in [0.2, 0.25) is 0 Å². The van der Waals surface area contributed by atoms with Crippen LogP contribution < -0.4 is 5.32 Å². The first-order valence-electron chi connectivity index (χ1n) is 7.42. The van der Waals surface area contributed by atoms with E-state index in [0.29, 0.717) is 18.8 Å². The molecule has 1 heterocycles. The fourth-order valence-corrected chi connectivity index (χ4v) is 2.76. The number of hydrogen-bond donors (Lipinski definition) is 1. The van der Waals surface area contributed by atoms with Crippen LogP contribution in [0.4, 0.5) is 0 Å². The van der Waals surface area contributed by atoms with Gasteiger partial charge in [0.1, 0.15) is 12.1 Å². The van der Waals surface area contributed by atoms with Gasteiger partial charge in [0, 0.05) is 0 Å². The summed E-state index contributed by atoms with van der Waals surface area (Å²) in [5.74, 6) is 2.92. The minimum Gasteiger partial charge on any atom is -0.342 e. The summed E-state index contributed by atoms with van der Waals surface area (Å²) < 4.78 is 0. The maximum absolute atomic E-state index is 12.7. The number of amides is 2. The number of rotatable bonds is 5. The third-order valence-electron chi connectivity index (χ3n) is 3.69. The first-order valence-corrected chi connectivity index (χ1v) is 7.42. The smallest absolute Gasteiger partial charge is 0.246 e. The van der Waals surface area contributed by atoms with Crippen LogP contribution in [0.3, 0.4) is 0 Å². The van der Waals surface area contributed by atoms with Crippen LogP contribution in [0.25, 0.3) is 0 Å². The number of piperazine rings is 1. The van der Waals surface area contributed by atoms with Gasteiger partial charge in [-0.25, -0.2) is 0 Å². The first-order chi connectivity index (χ1) is 9.33. The van der Waals surface area contributed by atoms with Gasteiger partial charge in [-0.15, -0.1) is 6.42 Å². The Hall–Kier alpha value is -1.50. The number of nitrogens with one attached hydrogen (secondary N) is 1. The van der Waals surface area contributed by atoms with E-state index in [4.69, 9.17) is 6.42 Å². The lowest BCUT2D eigenvalue weighted by Crippen LogP contribution is -2.67. The number of carbonyl (C=O) groups is 2. The van der Waals surface area contributed by atoms with Crippen LogP contribution in [0.15, 0.2) is 0 Å². The molecular weight excluding hydrogens is 252 g/mol. The zero-order chi connectivity index (χ0) is 15.4. The molecule has 20 heavy (non-hydrogen) atoms. The highest BCUT2D eigenvalue weighted by molar-refractivity contribution is 5.97. The lowest BCUT2D eigenvalue weighted by Gasteiger charge is -2.43. The Labute approximate surface area is 122 Å². The molecule has 0 aromatic rings. The van der Waals surface area contributed by atoms with Crippen molar-refractivity contribution in [3.8, 4) is 12.3 Å². The molecular formula is C16H26N2O2. The van der Waals surface area contributed by atoms with Gasteiger partial charge in [0.05, 0.1) is 6.04 Å². The van der Waals surface area contributed by atoms with E-state index in [1.54, 1.807) is 4.90 Å². The second kappa shape index (κ2) is 6.78. The summed E-state index contributed by atoms with van der Waals surface area (Å²) in [7, 11) is 0. The van der Waals surface area contributed by atoms with Gasteiger partial charge in [-0.2, -0.15) is 0 Å². The predicted molar refractivity (Wildman–Crippen MR) is 79.8 cm³/mol. The maximum atomic E-state index is 12.7. The van der Waals surface area contributed by atoms with Crippen molar-refractivity contribution in [3.63, 3.8) is 0 Å². The molecule has 0 bridgehead atoms. The van der Waals surface area contributed by atoms with E-state index in [9.17, 15) is 9.59 Å². The topological polar surface area (TPSA) is 49.4 Å². The zero-order valence-corrected chi connectivity index (χ0v) is 13.1. The Morgan fingerprint density at radius 3 is 2.30 bits per heavy atom. The van der Waals surface area contributed by atoms with Crippen molar-refractivity contribution in [2.75, 3.05) is 0 Å². The highest BCUT2D eigenvalue weighted by atomic mass is 16.2. The molecule has 0 spiro atoms. The summed E-state index contributed by atoms with van der Waals surface area (Å²) >= 11 is 0. The van der Waals surface area contributed by atoms with Crippen molar-refractivity contribution in [1.82, 2.24) is 10.2 Å². The van der Waals surface area contributed by atoms with E-state index >= 15 is 0 Å². The summed E-state index contributed by atoms with van der Waals surface area (Å²) in [5, 5.41) is 2.86. The van der Waals surface area contributed by atoms with E-state index in [1.807, 2.05) is 34.6 Å². The molecule has 1 fully saturated rings. The van der Waals surface area contributed by atoms with Crippen LogP contribution in [0.5, 0.6) is 0 Å². The summed E-state index contributed by atoms with van der Waals surface area (Å²) in [5.41, 5.74) is 0.